The summed E-state index contributed by atoms with van der Waals surface area (Å²) in [5.74, 6) is -3.38. The molecule has 4 rings (SSSR count). The highest BCUT2D eigenvalue weighted by Crippen LogP contribution is 2.44. The van der Waals surface area contributed by atoms with Gasteiger partial charge in [-0.2, -0.15) is 0 Å². The number of aromatic nitrogens is 1. The topological polar surface area (TPSA) is 86.9 Å². The van der Waals surface area contributed by atoms with Gasteiger partial charge in [0.05, 0.1) is 10.7 Å². The minimum absolute atomic E-state index is 0.313. The second-order valence-electron chi connectivity index (χ2n) is 8.12. The van der Waals surface area contributed by atoms with Crippen LogP contribution in [0.15, 0.2) is 55.3 Å². The standard InChI is InChI=1S/C25H24INO6/c1-5-10-31-22-17(26)11-14(12-19(22)30-4)20(16-13-27-18-9-7-6-8-15(16)18)21-23(28)32-25(2,3)33-24(21)29/h5-9,11-13,20-21,27H,1,10H2,2-4H3/t20-/m1/s1. The van der Waals surface area contributed by atoms with Crippen molar-refractivity contribution in [2.45, 2.75) is 25.6 Å². The van der Waals surface area contributed by atoms with E-state index >= 15 is 0 Å². The number of para-hydroxylation sites is 1. The average Bonchev–Trinajstić information content (AvgIpc) is 3.18. The lowest BCUT2D eigenvalue weighted by Crippen LogP contribution is -2.48. The number of carbonyl (C=O) groups excluding carboxylic acids is 2. The number of rotatable bonds is 7. The van der Waals surface area contributed by atoms with E-state index < -0.39 is 29.6 Å². The third kappa shape index (κ3) is 4.44. The fourth-order valence-electron chi connectivity index (χ4n) is 4.11. The number of hydrogen-bond acceptors (Lipinski definition) is 6. The number of ether oxygens (including phenoxy) is 4. The average molecular weight is 561 g/mol. The minimum Gasteiger partial charge on any atom is -0.493 e. The maximum Gasteiger partial charge on any atom is 0.324 e. The smallest absolute Gasteiger partial charge is 0.324 e. The maximum absolute atomic E-state index is 13.1. The van der Waals surface area contributed by atoms with Crippen molar-refractivity contribution in [2.24, 2.45) is 5.92 Å². The molecule has 0 saturated carbocycles. The highest BCUT2D eigenvalue weighted by Gasteiger charge is 2.48. The first-order valence-corrected chi connectivity index (χ1v) is 11.5. The van der Waals surface area contributed by atoms with Gasteiger partial charge in [0.25, 0.3) is 5.79 Å². The number of methoxy groups -OCH3 is 1. The van der Waals surface area contributed by atoms with Crippen molar-refractivity contribution in [2.75, 3.05) is 13.7 Å². The molecule has 33 heavy (non-hydrogen) atoms. The quantitative estimate of drug-likeness (QED) is 0.191. The number of carbonyl (C=O) groups is 2. The third-order valence-corrected chi connectivity index (χ3v) is 6.25. The molecule has 0 aliphatic carbocycles. The first-order chi connectivity index (χ1) is 15.8. The van der Waals surface area contributed by atoms with Gasteiger partial charge in [-0.05, 0) is 51.9 Å². The summed E-state index contributed by atoms with van der Waals surface area (Å²) in [4.78, 5) is 29.5. The Labute approximate surface area is 205 Å². The van der Waals surface area contributed by atoms with Gasteiger partial charge in [0.2, 0.25) is 0 Å². The lowest BCUT2D eigenvalue weighted by atomic mass is 9.80. The molecular formula is C25H24INO6. The zero-order chi connectivity index (χ0) is 23.8. The van der Waals surface area contributed by atoms with Crippen LogP contribution in [0.1, 0.15) is 30.9 Å². The number of hydrogen-bond donors (Lipinski definition) is 1. The molecule has 1 fully saturated rings. The number of halogens is 1. The number of fused-ring (bicyclic) bond motifs is 1. The first kappa shape index (κ1) is 23.2. The molecule has 1 saturated heterocycles. The van der Waals surface area contributed by atoms with Gasteiger partial charge in [0, 0.05) is 36.9 Å². The van der Waals surface area contributed by atoms with Crippen molar-refractivity contribution in [3.63, 3.8) is 0 Å². The summed E-state index contributed by atoms with van der Waals surface area (Å²) in [7, 11) is 1.54. The second-order valence-corrected chi connectivity index (χ2v) is 9.28. The molecule has 0 radical (unpaired) electrons. The van der Waals surface area contributed by atoms with Crippen LogP contribution in [0.3, 0.4) is 0 Å². The van der Waals surface area contributed by atoms with Crippen molar-refractivity contribution in [3.05, 3.63) is 69.9 Å². The Morgan fingerprint density at radius 2 is 1.91 bits per heavy atom. The Morgan fingerprint density at radius 3 is 2.58 bits per heavy atom. The fraction of sp³-hybridized carbons (Fsp3) is 0.280. The zero-order valence-corrected chi connectivity index (χ0v) is 20.7. The van der Waals surface area contributed by atoms with Crippen molar-refractivity contribution < 1.29 is 28.5 Å². The van der Waals surface area contributed by atoms with E-state index in [-0.39, 0.29) is 0 Å². The predicted molar refractivity (Wildman–Crippen MR) is 131 cm³/mol. The zero-order valence-electron chi connectivity index (χ0n) is 18.5. The number of nitrogens with one attached hydrogen (secondary N) is 1. The van der Waals surface area contributed by atoms with E-state index in [1.165, 1.54) is 13.8 Å². The second kappa shape index (κ2) is 9.09. The summed E-state index contributed by atoms with van der Waals surface area (Å²) < 4.78 is 23.1. The molecule has 172 valence electrons. The summed E-state index contributed by atoms with van der Waals surface area (Å²) in [6.45, 7) is 7.08. The molecular weight excluding hydrogens is 537 g/mol. The Kier molecular flexibility index (Phi) is 6.38. The largest absolute Gasteiger partial charge is 0.493 e. The molecule has 1 aliphatic heterocycles. The maximum atomic E-state index is 13.1. The monoisotopic (exact) mass is 561 g/mol. The molecule has 7 nitrogen and oxygen atoms in total. The van der Waals surface area contributed by atoms with E-state index in [0.29, 0.717) is 23.7 Å². The molecule has 8 heteroatoms. The van der Waals surface area contributed by atoms with E-state index in [4.69, 9.17) is 18.9 Å². The summed E-state index contributed by atoms with van der Waals surface area (Å²) in [5.41, 5.74) is 2.37. The third-order valence-electron chi connectivity index (χ3n) is 5.45. The highest BCUT2D eigenvalue weighted by molar-refractivity contribution is 14.1. The van der Waals surface area contributed by atoms with Crippen LogP contribution in [0.2, 0.25) is 0 Å². The SMILES string of the molecule is C=CCOc1c(I)cc([C@H](c2c[nH]c3ccccc23)C2C(=O)OC(C)(C)OC2=O)cc1OC. The van der Waals surface area contributed by atoms with Crippen molar-refractivity contribution in [3.8, 4) is 11.5 Å². The van der Waals surface area contributed by atoms with Crippen LogP contribution < -0.4 is 9.47 Å². The van der Waals surface area contributed by atoms with Crippen LogP contribution in [0.5, 0.6) is 11.5 Å². The van der Waals surface area contributed by atoms with Gasteiger partial charge in [-0.15, -0.1) is 0 Å². The van der Waals surface area contributed by atoms with E-state index in [9.17, 15) is 9.59 Å². The van der Waals surface area contributed by atoms with E-state index in [2.05, 4.69) is 34.2 Å². The molecule has 1 N–H and O–H groups in total. The predicted octanol–water partition coefficient (Wildman–Crippen LogP) is 4.93. The summed E-state index contributed by atoms with van der Waals surface area (Å²) >= 11 is 2.15. The van der Waals surface area contributed by atoms with Crippen LogP contribution in [0.25, 0.3) is 10.9 Å². The lowest BCUT2D eigenvalue weighted by molar-refractivity contribution is -0.240. The lowest BCUT2D eigenvalue weighted by Gasteiger charge is -2.36. The Morgan fingerprint density at radius 1 is 1.21 bits per heavy atom. The van der Waals surface area contributed by atoms with Crippen LogP contribution in [0.4, 0.5) is 0 Å². The highest BCUT2D eigenvalue weighted by atomic mass is 127. The molecule has 0 spiro atoms. The number of esters is 2. The summed E-state index contributed by atoms with van der Waals surface area (Å²) in [6, 6.07) is 11.4. The molecule has 1 aromatic heterocycles. The number of aromatic amines is 1. The van der Waals surface area contributed by atoms with Crippen molar-refractivity contribution >= 4 is 45.4 Å². The van der Waals surface area contributed by atoms with Gasteiger partial charge in [-0.25, -0.2) is 0 Å². The van der Waals surface area contributed by atoms with Gasteiger partial charge in [-0.3, -0.25) is 9.59 Å². The molecule has 2 aromatic carbocycles. The van der Waals surface area contributed by atoms with Gasteiger partial charge >= 0.3 is 11.9 Å². The van der Waals surface area contributed by atoms with E-state index in [1.807, 2.05) is 36.5 Å². The van der Waals surface area contributed by atoms with Crippen LogP contribution in [0, 0.1) is 9.49 Å². The number of benzene rings is 2. The Bertz CT molecular complexity index is 1210. The van der Waals surface area contributed by atoms with Crippen molar-refractivity contribution in [1.29, 1.82) is 0 Å². The molecule has 0 unspecified atom stereocenters. The minimum atomic E-state index is -1.32. The molecule has 0 bridgehead atoms. The van der Waals surface area contributed by atoms with Crippen molar-refractivity contribution in [1.82, 2.24) is 4.98 Å². The number of H-pyrrole nitrogens is 1. The fourth-order valence-corrected chi connectivity index (χ4v) is 4.89. The summed E-state index contributed by atoms with van der Waals surface area (Å²) in [6.07, 6.45) is 3.46. The van der Waals surface area contributed by atoms with Gasteiger partial charge in [0.15, 0.2) is 17.4 Å². The van der Waals surface area contributed by atoms with Crippen LogP contribution in [-0.2, 0) is 19.1 Å². The Balaban J connectivity index is 1.91. The van der Waals surface area contributed by atoms with Crippen LogP contribution in [-0.4, -0.2) is 36.4 Å². The van der Waals surface area contributed by atoms with Gasteiger partial charge < -0.3 is 23.9 Å². The molecule has 0 amide bonds. The molecule has 2 heterocycles. The van der Waals surface area contributed by atoms with Gasteiger partial charge in [0.1, 0.15) is 6.61 Å². The number of cyclic esters (lactones) is 2. The normalized spacial score (nSPS) is 16.7. The van der Waals surface area contributed by atoms with E-state index in [1.54, 1.807) is 19.3 Å². The van der Waals surface area contributed by atoms with E-state index in [0.717, 1.165) is 20.0 Å². The van der Waals surface area contributed by atoms with Gasteiger partial charge in [-0.1, -0.05) is 30.9 Å². The molecule has 1 atom stereocenters. The van der Waals surface area contributed by atoms with Crippen LogP contribution >= 0.6 is 22.6 Å². The molecule has 3 aromatic rings. The first-order valence-electron chi connectivity index (χ1n) is 10.4. The molecule has 1 aliphatic rings. The Hall–Kier alpha value is -3.01. The summed E-state index contributed by atoms with van der Waals surface area (Å²) in [5, 5.41) is 0.897.